The van der Waals surface area contributed by atoms with Crippen LogP contribution in [-0.4, -0.2) is 6.54 Å². The molecule has 16 heavy (non-hydrogen) atoms. The zero-order valence-electron chi connectivity index (χ0n) is 10.5. The fraction of sp³-hybridized carbons (Fsp3) is 0.571. The Labute approximate surface area is 104 Å². The van der Waals surface area contributed by atoms with Gasteiger partial charge in [-0.25, -0.2) is 0 Å². The van der Waals surface area contributed by atoms with Crippen LogP contribution in [-0.2, 0) is 0 Å². The minimum absolute atomic E-state index is 0.327. The topological polar surface area (TPSA) is 12.0 Å². The third-order valence-electron chi connectivity index (χ3n) is 2.93. The summed E-state index contributed by atoms with van der Waals surface area (Å²) in [7, 11) is 0. The van der Waals surface area contributed by atoms with Crippen molar-refractivity contribution in [2.75, 3.05) is 6.54 Å². The SMILES string of the molecule is CCCC(C)CNC(C)c1ccccc1Cl. The van der Waals surface area contributed by atoms with E-state index in [-0.39, 0.29) is 0 Å². The summed E-state index contributed by atoms with van der Waals surface area (Å²) < 4.78 is 0. The monoisotopic (exact) mass is 239 g/mol. The van der Waals surface area contributed by atoms with E-state index >= 15 is 0 Å². The molecule has 1 nitrogen and oxygen atoms in total. The zero-order valence-corrected chi connectivity index (χ0v) is 11.2. The third kappa shape index (κ3) is 4.15. The molecule has 1 aromatic rings. The van der Waals surface area contributed by atoms with E-state index in [1.54, 1.807) is 0 Å². The lowest BCUT2D eigenvalue weighted by molar-refractivity contribution is 0.444. The van der Waals surface area contributed by atoms with Gasteiger partial charge in [-0.15, -0.1) is 0 Å². The normalized spacial score (nSPS) is 14.8. The van der Waals surface area contributed by atoms with Gasteiger partial charge >= 0.3 is 0 Å². The van der Waals surface area contributed by atoms with Crippen molar-refractivity contribution in [1.29, 1.82) is 0 Å². The molecule has 0 radical (unpaired) electrons. The second kappa shape index (κ2) is 6.93. The van der Waals surface area contributed by atoms with Crippen molar-refractivity contribution in [3.8, 4) is 0 Å². The van der Waals surface area contributed by atoms with Crippen LogP contribution in [0.15, 0.2) is 24.3 Å². The van der Waals surface area contributed by atoms with E-state index in [1.807, 2.05) is 18.2 Å². The maximum atomic E-state index is 6.16. The van der Waals surface area contributed by atoms with E-state index in [0.29, 0.717) is 6.04 Å². The van der Waals surface area contributed by atoms with Crippen molar-refractivity contribution in [2.24, 2.45) is 5.92 Å². The van der Waals surface area contributed by atoms with Crippen LogP contribution in [0.2, 0.25) is 5.02 Å². The molecule has 0 aliphatic rings. The molecule has 1 aromatic carbocycles. The molecule has 2 heteroatoms. The minimum Gasteiger partial charge on any atom is -0.310 e. The first kappa shape index (κ1) is 13.5. The van der Waals surface area contributed by atoms with Gasteiger partial charge in [0.2, 0.25) is 0 Å². The van der Waals surface area contributed by atoms with Gasteiger partial charge in [-0.05, 0) is 37.4 Å². The van der Waals surface area contributed by atoms with Crippen LogP contribution in [0.1, 0.15) is 45.2 Å². The van der Waals surface area contributed by atoms with Gasteiger partial charge in [0.05, 0.1) is 0 Å². The summed E-state index contributed by atoms with van der Waals surface area (Å²) in [5.74, 6) is 0.731. The Morgan fingerprint density at radius 1 is 1.25 bits per heavy atom. The van der Waals surface area contributed by atoms with E-state index in [0.717, 1.165) is 17.5 Å². The van der Waals surface area contributed by atoms with Crippen molar-refractivity contribution >= 4 is 11.6 Å². The van der Waals surface area contributed by atoms with Crippen molar-refractivity contribution < 1.29 is 0 Å². The standard InChI is InChI=1S/C14H22ClN/c1-4-7-11(2)10-16-12(3)13-8-5-6-9-14(13)15/h5-6,8-9,11-12,16H,4,7,10H2,1-3H3. The van der Waals surface area contributed by atoms with E-state index in [2.05, 4.69) is 32.2 Å². The van der Waals surface area contributed by atoms with Crippen molar-refractivity contribution in [1.82, 2.24) is 5.32 Å². The first-order chi connectivity index (χ1) is 7.65. The molecule has 90 valence electrons. The molecule has 0 heterocycles. The number of hydrogen-bond acceptors (Lipinski definition) is 1. The lowest BCUT2D eigenvalue weighted by Crippen LogP contribution is -2.24. The lowest BCUT2D eigenvalue weighted by Gasteiger charge is -2.18. The van der Waals surface area contributed by atoms with Crippen molar-refractivity contribution in [2.45, 2.75) is 39.7 Å². The van der Waals surface area contributed by atoms with Crippen LogP contribution in [0, 0.1) is 5.92 Å². The second-order valence-corrected chi connectivity index (χ2v) is 4.95. The maximum absolute atomic E-state index is 6.16. The molecule has 2 atom stereocenters. The highest BCUT2D eigenvalue weighted by molar-refractivity contribution is 6.31. The molecule has 0 amide bonds. The maximum Gasteiger partial charge on any atom is 0.0453 e. The average Bonchev–Trinajstić information content (AvgIpc) is 2.27. The Morgan fingerprint density at radius 2 is 1.94 bits per heavy atom. The molecule has 0 saturated carbocycles. The number of hydrogen-bond donors (Lipinski definition) is 1. The van der Waals surface area contributed by atoms with Crippen LogP contribution < -0.4 is 5.32 Å². The molecular weight excluding hydrogens is 218 g/mol. The molecule has 0 fully saturated rings. The van der Waals surface area contributed by atoms with E-state index in [4.69, 9.17) is 11.6 Å². The summed E-state index contributed by atoms with van der Waals surface area (Å²) in [6.07, 6.45) is 2.53. The summed E-state index contributed by atoms with van der Waals surface area (Å²) in [4.78, 5) is 0. The van der Waals surface area contributed by atoms with Crippen LogP contribution in [0.5, 0.6) is 0 Å². The third-order valence-corrected chi connectivity index (χ3v) is 3.27. The number of nitrogens with one attached hydrogen (secondary N) is 1. The summed E-state index contributed by atoms with van der Waals surface area (Å²) in [5, 5.41) is 4.39. The van der Waals surface area contributed by atoms with Gasteiger partial charge in [0.1, 0.15) is 0 Å². The highest BCUT2D eigenvalue weighted by Crippen LogP contribution is 2.22. The second-order valence-electron chi connectivity index (χ2n) is 4.55. The smallest absolute Gasteiger partial charge is 0.0453 e. The Kier molecular flexibility index (Phi) is 5.86. The minimum atomic E-state index is 0.327. The molecule has 0 aromatic heterocycles. The average molecular weight is 240 g/mol. The summed E-state index contributed by atoms with van der Waals surface area (Å²) in [6, 6.07) is 8.37. The fourth-order valence-electron chi connectivity index (χ4n) is 1.91. The quantitative estimate of drug-likeness (QED) is 0.775. The molecule has 1 rings (SSSR count). The summed E-state index contributed by atoms with van der Waals surface area (Å²) >= 11 is 6.16. The highest BCUT2D eigenvalue weighted by atomic mass is 35.5. The molecule has 0 aliphatic carbocycles. The zero-order chi connectivity index (χ0) is 12.0. The Balaban J connectivity index is 2.46. The van der Waals surface area contributed by atoms with Crippen molar-refractivity contribution in [3.05, 3.63) is 34.9 Å². The highest BCUT2D eigenvalue weighted by Gasteiger charge is 2.09. The van der Waals surface area contributed by atoms with Gasteiger partial charge in [-0.3, -0.25) is 0 Å². The van der Waals surface area contributed by atoms with Gasteiger partial charge in [0.25, 0.3) is 0 Å². The fourth-order valence-corrected chi connectivity index (χ4v) is 2.21. The Morgan fingerprint density at radius 3 is 2.56 bits per heavy atom. The molecule has 0 spiro atoms. The summed E-state index contributed by atoms with van der Waals surface area (Å²) in [6.45, 7) is 7.74. The Hall–Kier alpha value is -0.530. The van der Waals surface area contributed by atoms with Gasteiger partial charge in [0, 0.05) is 11.1 Å². The number of benzene rings is 1. The van der Waals surface area contributed by atoms with Crippen molar-refractivity contribution in [3.63, 3.8) is 0 Å². The van der Waals surface area contributed by atoms with Gasteiger partial charge in [-0.2, -0.15) is 0 Å². The van der Waals surface area contributed by atoms with Crippen LogP contribution in [0.4, 0.5) is 0 Å². The summed E-state index contributed by atoms with van der Waals surface area (Å²) in [5.41, 5.74) is 1.19. The first-order valence-electron chi connectivity index (χ1n) is 6.13. The van der Waals surface area contributed by atoms with E-state index in [9.17, 15) is 0 Å². The number of rotatable bonds is 6. The van der Waals surface area contributed by atoms with E-state index in [1.165, 1.54) is 18.4 Å². The number of halogens is 1. The Bertz CT molecular complexity index is 311. The predicted molar refractivity (Wildman–Crippen MR) is 71.9 cm³/mol. The molecule has 0 saturated heterocycles. The van der Waals surface area contributed by atoms with Gasteiger partial charge in [-0.1, -0.05) is 50.1 Å². The van der Waals surface area contributed by atoms with Gasteiger partial charge < -0.3 is 5.32 Å². The first-order valence-corrected chi connectivity index (χ1v) is 6.50. The van der Waals surface area contributed by atoms with Crippen LogP contribution >= 0.6 is 11.6 Å². The van der Waals surface area contributed by atoms with E-state index < -0.39 is 0 Å². The van der Waals surface area contributed by atoms with Crippen LogP contribution in [0.25, 0.3) is 0 Å². The molecule has 1 N–H and O–H groups in total. The molecule has 0 aliphatic heterocycles. The van der Waals surface area contributed by atoms with Crippen LogP contribution in [0.3, 0.4) is 0 Å². The lowest BCUT2D eigenvalue weighted by atomic mass is 10.0. The molecular formula is C14H22ClN. The predicted octanol–water partition coefficient (Wildman–Crippen LogP) is 4.43. The molecule has 2 unspecified atom stereocenters. The largest absolute Gasteiger partial charge is 0.310 e. The van der Waals surface area contributed by atoms with Gasteiger partial charge in [0.15, 0.2) is 0 Å². The molecule has 0 bridgehead atoms.